The number of hydrogen-bond donors (Lipinski definition) is 1. The number of ether oxygens (including phenoxy) is 1. The summed E-state index contributed by atoms with van der Waals surface area (Å²) in [5.74, 6) is 0.249. The van der Waals surface area contributed by atoms with E-state index in [1.165, 1.54) is 6.07 Å². The Bertz CT molecular complexity index is 607. The molecule has 1 atom stereocenters. The van der Waals surface area contributed by atoms with Gasteiger partial charge in [0.2, 0.25) is 0 Å². The standard InChI is InChI=1S/C16H18ClFN2O/c1-3-6-20-16(11-4-5-14(17)15(18)8-11)12-7-13(21-2)10-19-9-12/h4-5,7-10,16,20H,3,6H2,1-2H3. The monoisotopic (exact) mass is 308 g/mol. The van der Waals surface area contributed by atoms with Gasteiger partial charge in [-0.2, -0.15) is 0 Å². The van der Waals surface area contributed by atoms with Crippen LogP contribution in [0.25, 0.3) is 0 Å². The zero-order chi connectivity index (χ0) is 15.2. The van der Waals surface area contributed by atoms with E-state index in [1.807, 2.05) is 12.1 Å². The van der Waals surface area contributed by atoms with Crippen LogP contribution in [0.2, 0.25) is 5.02 Å². The van der Waals surface area contributed by atoms with Crippen LogP contribution in [0.5, 0.6) is 5.75 Å². The number of pyridine rings is 1. The normalized spacial score (nSPS) is 12.2. The molecule has 0 bridgehead atoms. The quantitative estimate of drug-likeness (QED) is 0.876. The predicted molar refractivity (Wildman–Crippen MR) is 82.3 cm³/mol. The van der Waals surface area contributed by atoms with Crippen LogP contribution in [0.1, 0.15) is 30.5 Å². The van der Waals surface area contributed by atoms with E-state index in [0.717, 1.165) is 24.1 Å². The molecule has 0 amide bonds. The van der Waals surface area contributed by atoms with Crippen molar-refractivity contribution in [2.24, 2.45) is 0 Å². The number of nitrogens with zero attached hydrogens (tertiary/aromatic N) is 1. The first-order valence-corrected chi connectivity index (χ1v) is 7.20. The molecule has 21 heavy (non-hydrogen) atoms. The molecule has 1 aromatic heterocycles. The molecule has 1 N–H and O–H groups in total. The number of nitrogens with one attached hydrogen (secondary N) is 1. The van der Waals surface area contributed by atoms with E-state index in [2.05, 4.69) is 17.2 Å². The first-order valence-electron chi connectivity index (χ1n) is 6.83. The van der Waals surface area contributed by atoms with Gasteiger partial charge in [-0.3, -0.25) is 4.98 Å². The van der Waals surface area contributed by atoms with Crippen molar-refractivity contribution in [3.05, 3.63) is 58.6 Å². The molecule has 0 saturated heterocycles. The summed E-state index contributed by atoms with van der Waals surface area (Å²) in [5.41, 5.74) is 1.73. The number of rotatable bonds is 6. The van der Waals surface area contributed by atoms with Gasteiger partial charge in [-0.05, 0) is 42.3 Å². The van der Waals surface area contributed by atoms with Gasteiger partial charge in [-0.1, -0.05) is 24.6 Å². The van der Waals surface area contributed by atoms with Crippen LogP contribution in [-0.4, -0.2) is 18.6 Å². The minimum absolute atomic E-state index is 0.122. The maximum Gasteiger partial charge on any atom is 0.142 e. The van der Waals surface area contributed by atoms with Crippen molar-refractivity contribution in [1.82, 2.24) is 10.3 Å². The predicted octanol–water partition coefficient (Wildman–Crippen LogP) is 3.97. The zero-order valence-corrected chi connectivity index (χ0v) is 12.8. The molecule has 0 fully saturated rings. The number of methoxy groups -OCH3 is 1. The number of aromatic nitrogens is 1. The van der Waals surface area contributed by atoms with E-state index in [-0.39, 0.29) is 11.1 Å². The van der Waals surface area contributed by atoms with Crippen LogP contribution >= 0.6 is 11.6 Å². The molecule has 1 aromatic carbocycles. The second-order valence-corrected chi connectivity index (χ2v) is 5.13. The second-order valence-electron chi connectivity index (χ2n) is 4.72. The molecule has 2 aromatic rings. The summed E-state index contributed by atoms with van der Waals surface area (Å²) in [5, 5.41) is 3.52. The second kappa shape index (κ2) is 7.38. The van der Waals surface area contributed by atoms with Gasteiger partial charge in [0, 0.05) is 6.20 Å². The van der Waals surface area contributed by atoms with E-state index < -0.39 is 5.82 Å². The smallest absolute Gasteiger partial charge is 0.142 e. The molecule has 112 valence electrons. The van der Waals surface area contributed by atoms with Gasteiger partial charge >= 0.3 is 0 Å². The molecular formula is C16H18ClFN2O. The summed E-state index contributed by atoms with van der Waals surface area (Å²) in [7, 11) is 1.59. The highest BCUT2D eigenvalue weighted by Crippen LogP contribution is 2.27. The molecule has 0 aliphatic carbocycles. The number of benzene rings is 1. The fourth-order valence-corrected chi connectivity index (χ4v) is 2.23. The Morgan fingerprint density at radius 2 is 2.10 bits per heavy atom. The lowest BCUT2D eigenvalue weighted by Gasteiger charge is -2.20. The third kappa shape index (κ3) is 3.93. The highest BCUT2D eigenvalue weighted by molar-refractivity contribution is 6.30. The van der Waals surface area contributed by atoms with Crippen molar-refractivity contribution in [3.8, 4) is 5.75 Å². The highest BCUT2D eigenvalue weighted by atomic mass is 35.5. The molecule has 0 aliphatic heterocycles. The van der Waals surface area contributed by atoms with Gasteiger partial charge in [-0.15, -0.1) is 0 Å². The summed E-state index contributed by atoms with van der Waals surface area (Å²) < 4.78 is 18.9. The summed E-state index contributed by atoms with van der Waals surface area (Å²) in [6, 6.07) is 6.58. The van der Waals surface area contributed by atoms with Crippen molar-refractivity contribution < 1.29 is 9.13 Å². The van der Waals surface area contributed by atoms with Gasteiger partial charge in [0.25, 0.3) is 0 Å². The third-order valence-electron chi connectivity index (χ3n) is 3.18. The van der Waals surface area contributed by atoms with Gasteiger partial charge < -0.3 is 10.1 Å². The van der Waals surface area contributed by atoms with Crippen LogP contribution in [0.3, 0.4) is 0 Å². The van der Waals surface area contributed by atoms with Crippen LogP contribution in [0.4, 0.5) is 4.39 Å². The third-order valence-corrected chi connectivity index (χ3v) is 3.49. The van der Waals surface area contributed by atoms with Gasteiger partial charge in [0.05, 0.1) is 24.4 Å². The molecule has 5 heteroatoms. The lowest BCUT2D eigenvalue weighted by atomic mass is 9.99. The summed E-state index contributed by atoms with van der Waals surface area (Å²) >= 11 is 5.76. The Morgan fingerprint density at radius 3 is 2.76 bits per heavy atom. The Labute approximate surface area is 129 Å². The van der Waals surface area contributed by atoms with Crippen molar-refractivity contribution in [2.75, 3.05) is 13.7 Å². The highest BCUT2D eigenvalue weighted by Gasteiger charge is 2.16. The van der Waals surface area contributed by atoms with Gasteiger partial charge in [-0.25, -0.2) is 4.39 Å². The minimum atomic E-state index is -0.423. The topological polar surface area (TPSA) is 34.2 Å². The largest absolute Gasteiger partial charge is 0.495 e. The molecule has 3 nitrogen and oxygen atoms in total. The molecular weight excluding hydrogens is 291 g/mol. The van der Waals surface area contributed by atoms with E-state index in [0.29, 0.717) is 5.75 Å². The fraction of sp³-hybridized carbons (Fsp3) is 0.312. The first-order chi connectivity index (χ1) is 10.2. The lowest BCUT2D eigenvalue weighted by molar-refractivity contribution is 0.411. The number of halogens is 2. The molecule has 0 radical (unpaired) electrons. The maximum atomic E-state index is 13.7. The summed E-state index contributed by atoms with van der Waals surface area (Å²) in [6.45, 7) is 2.89. The van der Waals surface area contributed by atoms with E-state index in [4.69, 9.17) is 16.3 Å². The van der Waals surface area contributed by atoms with Crippen molar-refractivity contribution in [2.45, 2.75) is 19.4 Å². The SMILES string of the molecule is CCCNC(c1cncc(OC)c1)c1ccc(Cl)c(F)c1. The van der Waals surface area contributed by atoms with Gasteiger partial charge in [0.1, 0.15) is 11.6 Å². The lowest BCUT2D eigenvalue weighted by Crippen LogP contribution is -2.23. The number of hydrogen-bond acceptors (Lipinski definition) is 3. The van der Waals surface area contributed by atoms with E-state index in [9.17, 15) is 4.39 Å². The first kappa shape index (κ1) is 15.7. The molecule has 1 unspecified atom stereocenters. The molecule has 1 heterocycles. The zero-order valence-electron chi connectivity index (χ0n) is 12.1. The Kier molecular flexibility index (Phi) is 5.53. The Balaban J connectivity index is 2.38. The summed E-state index contributed by atoms with van der Waals surface area (Å²) in [6.07, 6.45) is 4.37. The Hall–Kier alpha value is -1.65. The molecule has 0 aliphatic rings. The van der Waals surface area contributed by atoms with Crippen LogP contribution in [-0.2, 0) is 0 Å². The van der Waals surface area contributed by atoms with Crippen molar-refractivity contribution in [1.29, 1.82) is 0 Å². The van der Waals surface area contributed by atoms with Crippen LogP contribution in [0.15, 0.2) is 36.7 Å². The van der Waals surface area contributed by atoms with Crippen molar-refractivity contribution >= 4 is 11.6 Å². The van der Waals surface area contributed by atoms with Gasteiger partial charge in [0.15, 0.2) is 0 Å². The average molecular weight is 309 g/mol. The van der Waals surface area contributed by atoms with Crippen LogP contribution < -0.4 is 10.1 Å². The van der Waals surface area contributed by atoms with E-state index in [1.54, 1.807) is 25.6 Å². The fourth-order valence-electron chi connectivity index (χ4n) is 2.11. The maximum absolute atomic E-state index is 13.7. The average Bonchev–Trinajstić information content (AvgIpc) is 2.51. The molecule has 2 rings (SSSR count). The van der Waals surface area contributed by atoms with Crippen LogP contribution in [0, 0.1) is 5.82 Å². The molecule has 0 spiro atoms. The summed E-state index contributed by atoms with van der Waals surface area (Å²) in [4.78, 5) is 4.17. The Morgan fingerprint density at radius 1 is 1.29 bits per heavy atom. The minimum Gasteiger partial charge on any atom is -0.495 e. The van der Waals surface area contributed by atoms with E-state index >= 15 is 0 Å². The van der Waals surface area contributed by atoms with Crippen molar-refractivity contribution in [3.63, 3.8) is 0 Å². The molecule has 0 saturated carbocycles.